The molecular formula is C30H37N5O3S. The normalized spacial score (nSPS) is 11.6. The zero-order valence-corrected chi connectivity index (χ0v) is 24.4. The van der Waals surface area contributed by atoms with Gasteiger partial charge in [-0.2, -0.15) is 5.26 Å². The minimum absolute atomic E-state index is 0.232. The quantitative estimate of drug-likeness (QED) is 0.265. The summed E-state index contributed by atoms with van der Waals surface area (Å²) in [6, 6.07) is 9.25. The van der Waals surface area contributed by atoms with Gasteiger partial charge >= 0.3 is 6.09 Å². The fourth-order valence-corrected chi connectivity index (χ4v) is 4.13. The van der Waals surface area contributed by atoms with Crippen LogP contribution in [0.15, 0.2) is 70.7 Å². The summed E-state index contributed by atoms with van der Waals surface area (Å²) in [4.78, 5) is 36.4. The molecule has 2 amide bonds. The van der Waals surface area contributed by atoms with E-state index < -0.39 is 11.7 Å². The summed E-state index contributed by atoms with van der Waals surface area (Å²) >= 11 is 1.36. The van der Waals surface area contributed by atoms with Crippen LogP contribution in [0.3, 0.4) is 0 Å². The molecule has 0 unspecified atom stereocenters. The molecule has 1 aromatic heterocycles. The lowest BCUT2D eigenvalue weighted by molar-refractivity contribution is 0.0280. The molecule has 0 atom stereocenters. The Morgan fingerprint density at radius 3 is 2.62 bits per heavy atom. The number of aromatic nitrogens is 1. The number of aliphatic imine (C=N–C) groups is 1. The lowest BCUT2D eigenvalue weighted by Gasteiger charge is -2.27. The fourth-order valence-electron chi connectivity index (χ4n) is 3.36. The van der Waals surface area contributed by atoms with E-state index in [0.717, 1.165) is 27.6 Å². The second kappa shape index (κ2) is 14.8. The molecule has 0 bridgehead atoms. The molecule has 1 N–H and O–H groups in total. The first kappa shape index (κ1) is 31.2. The number of hydrogen-bond acceptors (Lipinski definition) is 7. The predicted molar refractivity (Wildman–Crippen MR) is 157 cm³/mol. The summed E-state index contributed by atoms with van der Waals surface area (Å²) in [5.74, 6) is -0.320. The Morgan fingerprint density at radius 2 is 1.97 bits per heavy atom. The van der Waals surface area contributed by atoms with E-state index in [1.54, 1.807) is 34.6 Å². The second-order valence-electron chi connectivity index (χ2n) is 10.1. The number of allylic oxidation sites excluding steroid dienone is 4. The van der Waals surface area contributed by atoms with Crippen LogP contribution in [0.5, 0.6) is 0 Å². The van der Waals surface area contributed by atoms with Crippen molar-refractivity contribution in [2.45, 2.75) is 60.1 Å². The number of amides is 2. The number of hydrogen-bond donors (Lipinski definition) is 1. The topological polar surface area (TPSA) is 108 Å². The number of nitriles is 1. The van der Waals surface area contributed by atoms with Gasteiger partial charge in [0.2, 0.25) is 0 Å². The zero-order valence-electron chi connectivity index (χ0n) is 23.6. The van der Waals surface area contributed by atoms with Gasteiger partial charge in [0.05, 0.1) is 28.9 Å². The van der Waals surface area contributed by atoms with Gasteiger partial charge in [0.1, 0.15) is 11.3 Å². The van der Waals surface area contributed by atoms with Gasteiger partial charge in [-0.1, -0.05) is 42.5 Å². The van der Waals surface area contributed by atoms with Gasteiger partial charge in [-0.15, -0.1) is 11.3 Å². The predicted octanol–water partition coefficient (Wildman–Crippen LogP) is 6.22. The molecule has 0 saturated carbocycles. The molecule has 0 spiro atoms. The van der Waals surface area contributed by atoms with E-state index in [-0.39, 0.29) is 19.0 Å². The van der Waals surface area contributed by atoms with Crippen LogP contribution in [0.4, 0.5) is 4.79 Å². The first-order valence-electron chi connectivity index (χ1n) is 12.6. The van der Waals surface area contributed by atoms with E-state index in [1.165, 1.54) is 11.3 Å². The lowest BCUT2D eigenvalue weighted by Crippen LogP contribution is -2.40. The van der Waals surface area contributed by atoms with Crippen molar-refractivity contribution in [3.63, 3.8) is 0 Å². The van der Waals surface area contributed by atoms with Crippen molar-refractivity contribution in [2.75, 3.05) is 13.1 Å². The average molecular weight is 548 g/mol. The van der Waals surface area contributed by atoms with Crippen molar-refractivity contribution in [2.24, 2.45) is 4.99 Å². The maximum Gasteiger partial charge on any atom is 0.410 e. The Kier molecular flexibility index (Phi) is 11.8. The number of thiazole rings is 1. The smallest absolute Gasteiger partial charge is 0.410 e. The Morgan fingerprint density at radius 1 is 1.26 bits per heavy atom. The molecule has 9 heteroatoms. The van der Waals surface area contributed by atoms with E-state index >= 15 is 0 Å². The van der Waals surface area contributed by atoms with Crippen LogP contribution in [0.2, 0.25) is 0 Å². The first-order valence-corrected chi connectivity index (χ1v) is 13.5. The average Bonchev–Trinajstić information content (AvgIpc) is 3.35. The summed E-state index contributed by atoms with van der Waals surface area (Å²) in [7, 11) is 0. The van der Waals surface area contributed by atoms with Crippen LogP contribution in [0.25, 0.3) is 0 Å². The van der Waals surface area contributed by atoms with Crippen molar-refractivity contribution in [1.82, 2.24) is 15.2 Å². The van der Waals surface area contributed by atoms with Gasteiger partial charge < -0.3 is 15.0 Å². The summed E-state index contributed by atoms with van der Waals surface area (Å²) in [5.41, 5.74) is 3.52. The Balaban J connectivity index is 2.11. The minimum Gasteiger partial charge on any atom is -0.444 e. The number of rotatable bonds is 11. The molecule has 0 aliphatic carbocycles. The number of carbonyl (C=O) groups excluding carboxylic acids is 2. The van der Waals surface area contributed by atoms with Gasteiger partial charge in [-0.05, 0) is 59.2 Å². The highest BCUT2D eigenvalue weighted by molar-refractivity contribution is 7.09. The molecule has 0 aliphatic heterocycles. The Bertz CT molecular complexity index is 1300. The van der Waals surface area contributed by atoms with Crippen molar-refractivity contribution >= 4 is 29.0 Å². The molecule has 8 nitrogen and oxygen atoms in total. The van der Waals surface area contributed by atoms with Crippen molar-refractivity contribution in [3.05, 3.63) is 87.6 Å². The summed E-state index contributed by atoms with van der Waals surface area (Å²) < 4.78 is 5.63. The summed E-state index contributed by atoms with van der Waals surface area (Å²) in [6.45, 7) is 15.9. The standard InChI is InChI=1S/C30H37N5O3S/c1-8-9-14-25(21(2)3)33-22(4)19-35(29(37)38-30(5,6)7)16-15-27-34-26(20-39-27)28(36)32-18-24-13-11-10-12-23(24)17-31/h8-14,20H,1,15-16,18-19H2,2-7H3,(H,32,36)/b14-9-,33-22+. The molecule has 1 heterocycles. The van der Waals surface area contributed by atoms with Crippen LogP contribution in [0.1, 0.15) is 68.2 Å². The van der Waals surface area contributed by atoms with Crippen molar-refractivity contribution in [3.8, 4) is 6.07 Å². The van der Waals surface area contributed by atoms with E-state index in [4.69, 9.17) is 9.73 Å². The van der Waals surface area contributed by atoms with Crippen LogP contribution in [0, 0.1) is 11.3 Å². The first-order chi connectivity index (χ1) is 18.4. The number of nitrogens with zero attached hydrogens (tertiary/aromatic N) is 4. The van der Waals surface area contributed by atoms with Gasteiger partial charge in [0.25, 0.3) is 5.91 Å². The van der Waals surface area contributed by atoms with E-state index in [0.29, 0.717) is 24.2 Å². The van der Waals surface area contributed by atoms with E-state index in [1.807, 2.05) is 59.8 Å². The third kappa shape index (κ3) is 10.7. The minimum atomic E-state index is -0.644. The van der Waals surface area contributed by atoms with Crippen LogP contribution >= 0.6 is 11.3 Å². The van der Waals surface area contributed by atoms with E-state index in [9.17, 15) is 14.9 Å². The fraction of sp³-hybridized carbons (Fsp3) is 0.367. The van der Waals surface area contributed by atoms with Gasteiger partial charge in [0, 0.05) is 30.6 Å². The molecule has 0 radical (unpaired) electrons. The maximum atomic E-state index is 13.0. The number of carbonyl (C=O) groups is 2. The molecule has 0 fully saturated rings. The molecule has 0 saturated heterocycles. The molecule has 1 aromatic carbocycles. The Hall–Kier alpha value is -4.03. The molecule has 0 aliphatic rings. The molecule has 206 valence electrons. The highest BCUT2D eigenvalue weighted by atomic mass is 32.1. The summed E-state index contributed by atoms with van der Waals surface area (Å²) in [6.07, 6.45) is 5.40. The van der Waals surface area contributed by atoms with Crippen molar-refractivity contribution in [1.29, 1.82) is 5.26 Å². The third-order valence-electron chi connectivity index (χ3n) is 5.24. The monoisotopic (exact) mass is 547 g/mol. The lowest BCUT2D eigenvalue weighted by atomic mass is 10.1. The summed E-state index contributed by atoms with van der Waals surface area (Å²) in [5, 5.41) is 14.5. The highest BCUT2D eigenvalue weighted by Crippen LogP contribution is 2.15. The largest absolute Gasteiger partial charge is 0.444 e. The van der Waals surface area contributed by atoms with Crippen LogP contribution < -0.4 is 5.32 Å². The molecule has 39 heavy (non-hydrogen) atoms. The number of nitrogens with one attached hydrogen (secondary N) is 1. The molecular weight excluding hydrogens is 510 g/mol. The van der Waals surface area contributed by atoms with Crippen LogP contribution in [-0.4, -0.2) is 46.3 Å². The zero-order chi connectivity index (χ0) is 29.0. The van der Waals surface area contributed by atoms with Crippen molar-refractivity contribution < 1.29 is 14.3 Å². The van der Waals surface area contributed by atoms with Crippen LogP contribution in [-0.2, 0) is 17.7 Å². The highest BCUT2D eigenvalue weighted by Gasteiger charge is 2.23. The SMILES string of the molecule is C=C/C=C\C(/N=C(\C)CN(CCc1nc(C(=O)NCc2ccccc2C#N)cs1)C(=O)OC(C)(C)C)=C(C)C. The second-order valence-corrected chi connectivity index (χ2v) is 11.0. The number of ether oxygens (including phenoxy) is 1. The van der Waals surface area contributed by atoms with E-state index in [2.05, 4.69) is 22.9 Å². The maximum absolute atomic E-state index is 13.0. The number of benzene rings is 1. The molecule has 2 rings (SSSR count). The molecule has 2 aromatic rings. The Labute approximate surface area is 235 Å². The van der Waals surface area contributed by atoms with Gasteiger partial charge in [-0.3, -0.25) is 9.79 Å². The van der Waals surface area contributed by atoms with Gasteiger partial charge in [-0.25, -0.2) is 9.78 Å². The third-order valence-corrected chi connectivity index (χ3v) is 6.15. The van der Waals surface area contributed by atoms with Gasteiger partial charge in [0.15, 0.2) is 0 Å².